The predicted molar refractivity (Wildman–Crippen MR) is 32.2 cm³/mol. The number of benzene rings is 1. The molecule has 0 aliphatic carbocycles. The summed E-state index contributed by atoms with van der Waals surface area (Å²) in [5, 5.41) is 8.36. The number of hydrogen-bond donors (Lipinski definition) is 1. The van der Waals surface area contributed by atoms with Crippen molar-refractivity contribution < 1.29 is 9.90 Å². The third kappa shape index (κ3) is 1.29. The van der Waals surface area contributed by atoms with Crippen LogP contribution in [0.2, 0.25) is 0 Å². The van der Waals surface area contributed by atoms with Crippen LogP contribution >= 0.6 is 0 Å². The minimum Gasteiger partial charge on any atom is -0.478 e. The third-order valence-electron chi connectivity index (χ3n) is 0.954. The average molecular weight is 121 g/mol. The molecule has 0 saturated heterocycles. The first-order chi connectivity index (χ1) is 4.30. The molecular formula is C7H5O2. The molecule has 0 amide bonds. The molecule has 2 nitrogen and oxygen atoms in total. The second-order valence-corrected chi connectivity index (χ2v) is 1.60. The van der Waals surface area contributed by atoms with Crippen molar-refractivity contribution in [2.24, 2.45) is 0 Å². The summed E-state index contributed by atoms with van der Waals surface area (Å²) in [7, 11) is 0. The largest absolute Gasteiger partial charge is 0.478 e. The smallest absolute Gasteiger partial charge is 0.335 e. The quantitative estimate of drug-likeness (QED) is 0.605. The Morgan fingerprint density at radius 2 is 2.44 bits per heavy atom. The van der Waals surface area contributed by atoms with Crippen LogP contribution in [0.1, 0.15) is 10.4 Å². The monoisotopic (exact) mass is 121 g/mol. The van der Waals surface area contributed by atoms with Crippen LogP contribution < -0.4 is 0 Å². The zero-order chi connectivity index (χ0) is 6.69. The molecule has 0 bridgehead atoms. The van der Waals surface area contributed by atoms with Gasteiger partial charge in [0.25, 0.3) is 0 Å². The van der Waals surface area contributed by atoms with Crippen LogP contribution in [0.5, 0.6) is 0 Å². The van der Waals surface area contributed by atoms with Crippen LogP contribution in [0.15, 0.2) is 24.3 Å². The lowest BCUT2D eigenvalue weighted by Gasteiger charge is -1.87. The number of hydrogen-bond acceptors (Lipinski definition) is 1. The normalized spacial score (nSPS) is 8.89. The summed E-state index contributed by atoms with van der Waals surface area (Å²) in [5.74, 6) is -0.910. The maximum Gasteiger partial charge on any atom is 0.335 e. The highest BCUT2D eigenvalue weighted by Gasteiger charge is 1.96. The Hall–Kier alpha value is -1.31. The fourth-order valence-electron chi connectivity index (χ4n) is 0.526. The number of rotatable bonds is 1. The minimum absolute atomic E-state index is 0.275. The highest BCUT2D eigenvalue weighted by molar-refractivity contribution is 5.87. The van der Waals surface area contributed by atoms with Crippen LogP contribution in [-0.4, -0.2) is 11.1 Å². The molecule has 0 atom stereocenters. The molecule has 2 heteroatoms. The van der Waals surface area contributed by atoms with Gasteiger partial charge in [-0.3, -0.25) is 0 Å². The highest BCUT2D eigenvalue weighted by Crippen LogP contribution is 1.95. The summed E-state index contributed by atoms with van der Waals surface area (Å²) >= 11 is 0. The zero-order valence-corrected chi connectivity index (χ0v) is 4.66. The number of aromatic carboxylic acids is 1. The van der Waals surface area contributed by atoms with Gasteiger partial charge in [0.05, 0.1) is 5.56 Å². The summed E-state index contributed by atoms with van der Waals surface area (Å²) in [6.45, 7) is 0. The van der Waals surface area contributed by atoms with Gasteiger partial charge in [0.1, 0.15) is 0 Å². The lowest BCUT2D eigenvalue weighted by atomic mass is 10.2. The molecule has 9 heavy (non-hydrogen) atoms. The Balaban J connectivity index is 2.98. The summed E-state index contributed by atoms with van der Waals surface area (Å²) in [5.41, 5.74) is 0.275. The van der Waals surface area contributed by atoms with E-state index in [-0.39, 0.29) is 5.56 Å². The average Bonchev–Trinajstić information content (AvgIpc) is 1.90. The van der Waals surface area contributed by atoms with Gasteiger partial charge in [-0.25, -0.2) is 4.79 Å². The molecule has 0 heterocycles. The second-order valence-electron chi connectivity index (χ2n) is 1.60. The fourth-order valence-corrected chi connectivity index (χ4v) is 0.526. The van der Waals surface area contributed by atoms with Crippen LogP contribution in [0.4, 0.5) is 0 Å². The highest BCUT2D eigenvalue weighted by atomic mass is 16.4. The van der Waals surface area contributed by atoms with E-state index in [9.17, 15) is 4.79 Å². The topological polar surface area (TPSA) is 37.3 Å². The van der Waals surface area contributed by atoms with E-state index in [1.54, 1.807) is 12.1 Å². The van der Waals surface area contributed by atoms with Gasteiger partial charge in [0, 0.05) is 0 Å². The molecule has 0 aliphatic heterocycles. The lowest BCUT2D eigenvalue weighted by molar-refractivity contribution is 0.0697. The van der Waals surface area contributed by atoms with Gasteiger partial charge in [-0.1, -0.05) is 12.1 Å². The fraction of sp³-hybridized carbons (Fsp3) is 0. The molecule has 0 aliphatic rings. The first-order valence-corrected chi connectivity index (χ1v) is 2.50. The summed E-state index contributed by atoms with van der Waals surface area (Å²) in [4.78, 5) is 10.2. The molecule has 1 N–H and O–H groups in total. The van der Waals surface area contributed by atoms with Gasteiger partial charge in [0.2, 0.25) is 0 Å². The molecule has 0 aromatic heterocycles. The second kappa shape index (κ2) is 2.31. The number of carboxylic acid groups (broad SMARTS) is 1. The Labute approximate surface area is 52.8 Å². The van der Waals surface area contributed by atoms with Crippen molar-refractivity contribution >= 4 is 5.97 Å². The predicted octanol–water partition coefficient (Wildman–Crippen LogP) is 1.18. The van der Waals surface area contributed by atoms with Gasteiger partial charge in [-0.2, -0.15) is 0 Å². The summed E-state index contributed by atoms with van der Waals surface area (Å²) in [6.07, 6.45) is 0. The third-order valence-corrected chi connectivity index (χ3v) is 0.954. The van der Waals surface area contributed by atoms with Gasteiger partial charge < -0.3 is 5.11 Å². The van der Waals surface area contributed by atoms with Crippen molar-refractivity contribution in [1.29, 1.82) is 0 Å². The van der Waals surface area contributed by atoms with Crippen LogP contribution in [0, 0.1) is 6.07 Å². The summed E-state index contributed by atoms with van der Waals surface area (Å²) in [6, 6.07) is 8.92. The molecule has 1 radical (unpaired) electrons. The van der Waals surface area contributed by atoms with Crippen molar-refractivity contribution in [2.75, 3.05) is 0 Å². The maximum absolute atomic E-state index is 10.2. The standard InChI is InChI=1S/C7H5O2/c8-7(9)6-4-2-1-3-5-6/h1-2,4-5H,(H,8,9). The SMILES string of the molecule is O=C(O)c1c[c]ccc1. The zero-order valence-electron chi connectivity index (χ0n) is 4.66. The molecule has 0 saturated carbocycles. The Kier molecular flexibility index (Phi) is 1.49. The van der Waals surface area contributed by atoms with Gasteiger partial charge in [0.15, 0.2) is 0 Å². The van der Waals surface area contributed by atoms with E-state index < -0.39 is 5.97 Å². The first-order valence-electron chi connectivity index (χ1n) is 2.50. The first kappa shape index (κ1) is 5.82. The van der Waals surface area contributed by atoms with Crippen LogP contribution in [-0.2, 0) is 0 Å². The molecule has 0 unspecified atom stereocenters. The Morgan fingerprint density at radius 3 is 2.78 bits per heavy atom. The number of carboxylic acids is 1. The van der Waals surface area contributed by atoms with Crippen molar-refractivity contribution in [3.05, 3.63) is 35.9 Å². The van der Waals surface area contributed by atoms with E-state index in [4.69, 9.17) is 5.11 Å². The molecule has 1 aromatic carbocycles. The molecule has 0 spiro atoms. The van der Waals surface area contributed by atoms with E-state index in [0.29, 0.717) is 0 Å². The molecule has 1 aromatic rings. The van der Waals surface area contributed by atoms with E-state index >= 15 is 0 Å². The lowest BCUT2D eigenvalue weighted by Crippen LogP contribution is -1.93. The van der Waals surface area contributed by atoms with Crippen molar-refractivity contribution in [3.63, 3.8) is 0 Å². The molecular weight excluding hydrogens is 116 g/mol. The minimum atomic E-state index is -0.910. The van der Waals surface area contributed by atoms with Crippen molar-refractivity contribution in [2.45, 2.75) is 0 Å². The molecule has 0 fully saturated rings. The van der Waals surface area contributed by atoms with E-state index in [1.807, 2.05) is 0 Å². The van der Waals surface area contributed by atoms with E-state index in [1.165, 1.54) is 12.1 Å². The van der Waals surface area contributed by atoms with Crippen LogP contribution in [0.25, 0.3) is 0 Å². The van der Waals surface area contributed by atoms with Gasteiger partial charge in [-0.15, -0.1) is 0 Å². The number of carbonyl (C=O) groups is 1. The maximum atomic E-state index is 10.2. The van der Waals surface area contributed by atoms with Gasteiger partial charge in [-0.05, 0) is 18.2 Å². The molecule has 45 valence electrons. The van der Waals surface area contributed by atoms with Crippen molar-refractivity contribution in [1.82, 2.24) is 0 Å². The van der Waals surface area contributed by atoms with Crippen molar-refractivity contribution in [3.8, 4) is 0 Å². The molecule has 1 rings (SSSR count). The van der Waals surface area contributed by atoms with E-state index in [2.05, 4.69) is 6.07 Å². The Bertz CT molecular complexity index is 203. The van der Waals surface area contributed by atoms with Crippen LogP contribution in [0.3, 0.4) is 0 Å². The summed E-state index contributed by atoms with van der Waals surface area (Å²) < 4.78 is 0. The van der Waals surface area contributed by atoms with E-state index in [0.717, 1.165) is 0 Å². The van der Waals surface area contributed by atoms with Gasteiger partial charge >= 0.3 is 5.97 Å². The Morgan fingerprint density at radius 1 is 1.67 bits per heavy atom.